The molecule has 1 heterocycles. The summed E-state index contributed by atoms with van der Waals surface area (Å²) in [7, 11) is 0. The van der Waals surface area contributed by atoms with Crippen molar-refractivity contribution in [3.05, 3.63) is 53.2 Å². The summed E-state index contributed by atoms with van der Waals surface area (Å²) in [6.45, 7) is 0. The maximum atomic E-state index is 11.9. The first-order chi connectivity index (χ1) is 8.69. The van der Waals surface area contributed by atoms with Crippen LogP contribution in [0, 0.1) is 0 Å². The van der Waals surface area contributed by atoms with E-state index in [1.54, 1.807) is 36.4 Å². The van der Waals surface area contributed by atoms with Gasteiger partial charge in [-0.1, -0.05) is 11.6 Å². The number of aromatic nitrogens is 1. The molecule has 0 saturated carbocycles. The van der Waals surface area contributed by atoms with Crippen LogP contribution in [0.15, 0.2) is 42.6 Å². The molecule has 0 aliphatic carbocycles. The van der Waals surface area contributed by atoms with Gasteiger partial charge in [0.25, 0.3) is 5.91 Å². The topological polar surface area (TPSA) is 80.0 Å². The number of nitrogen functional groups attached to an aromatic ring is 1. The summed E-state index contributed by atoms with van der Waals surface area (Å²) in [6.07, 6.45) is 1.47. The first-order valence-electron chi connectivity index (χ1n) is 5.18. The van der Waals surface area contributed by atoms with Crippen molar-refractivity contribution in [2.24, 2.45) is 5.84 Å². The van der Waals surface area contributed by atoms with Crippen LogP contribution in [0.4, 0.5) is 11.5 Å². The Morgan fingerprint density at radius 3 is 2.44 bits per heavy atom. The fourth-order valence-corrected chi connectivity index (χ4v) is 1.47. The van der Waals surface area contributed by atoms with E-state index < -0.39 is 0 Å². The van der Waals surface area contributed by atoms with Crippen molar-refractivity contribution in [3.63, 3.8) is 0 Å². The molecule has 92 valence electrons. The third-order valence-electron chi connectivity index (χ3n) is 2.28. The Kier molecular flexibility index (Phi) is 3.76. The quantitative estimate of drug-likeness (QED) is 0.586. The van der Waals surface area contributed by atoms with Crippen LogP contribution in [0.3, 0.4) is 0 Å². The van der Waals surface area contributed by atoms with Gasteiger partial charge in [0.15, 0.2) is 0 Å². The molecule has 0 saturated heterocycles. The lowest BCUT2D eigenvalue weighted by molar-refractivity contribution is 0.102. The van der Waals surface area contributed by atoms with Crippen molar-refractivity contribution in [2.45, 2.75) is 0 Å². The zero-order valence-electron chi connectivity index (χ0n) is 9.35. The predicted octanol–water partition coefficient (Wildman–Crippen LogP) is 2.27. The van der Waals surface area contributed by atoms with Crippen LogP contribution in [0.5, 0.6) is 0 Å². The van der Waals surface area contributed by atoms with E-state index in [0.717, 1.165) is 5.69 Å². The van der Waals surface area contributed by atoms with E-state index in [-0.39, 0.29) is 5.91 Å². The Morgan fingerprint density at radius 1 is 1.17 bits per heavy atom. The normalized spacial score (nSPS) is 9.89. The summed E-state index contributed by atoms with van der Waals surface area (Å²) in [5.74, 6) is 5.45. The van der Waals surface area contributed by atoms with Gasteiger partial charge in [-0.15, -0.1) is 0 Å². The summed E-state index contributed by atoms with van der Waals surface area (Å²) >= 11 is 5.70. The molecule has 0 unspecified atom stereocenters. The Hall–Kier alpha value is -2.11. The van der Waals surface area contributed by atoms with Gasteiger partial charge in [0.1, 0.15) is 5.82 Å². The lowest BCUT2D eigenvalue weighted by atomic mass is 10.2. The number of nitrogens with one attached hydrogen (secondary N) is 2. The fraction of sp³-hybridized carbons (Fsp3) is 0. The molecule has 18 heavy (non-hydrogen) atoms. The average molecular weight is 263 g/mol. The number of hydrogen-bond acceptors (Lipinski definition) is 4. The average Bonchev–Trinajstić information content (AvgIpc) is 2.41. The summed E-state index contributed by atoms with van der Waals surface area (Å²) in [4.78, 5) is 15.8. The number of rotatable bonds is 3. The monoisotopic (exact) mass is 262 g/mol. The van der Waals surface area contributed by atoms with E-state index in [9.17, 15) is 4.79 Å². The molecule has 0 aliphatic heterocycles. The van der Waals surface area contributed by atoms with Crippen LogP contribution in [0.2, 0.25) is 5.02 Å². The van der Waals surface area contributed by atoms with E-state index in [4.69, 9.17) is 17.4 Å². The SMILES string of the molecule is NNc1ccc(C(=O)Nc2ccc(Cl)cn2)cc1. The van der Waals surface area contributed by atoms with Crippen LogP contribution >= 0.6 is 11.6 Å². The Bertz CT molecular complexity index is 539. The highest BCUT2D eigenvalue weighted by Gasteiger charge is 2.06. The number of halogens is 1. The molecule has 4 N–H and O–H groups in total. The van der Waals surface area contributed by atoms with E-state index in [0.29, 0.717) is 16.4 Å². The lowest BCUT2D eigenvalue weighted by Crippen LogP contribution is -2.13. The first kappa shape index (κ1) is 12.3. The number of pyridine rings is 1. The van der Waals surface area contributed by atoms with Crippen LogP contribution < -0.4 is 16.6 Å². The number of carbonyl (C=O) groups excluding carboxylic acids is 1. The fourth-order valence-electron chi connectivity index (χ4n) is 1.36. The number of nitrogens with zero attached hydrogens (tertiary/aromatic N) is 1. The van der Waals surface area contributed by atoms with Gasteiger partial charge in [0.05, 0.1) is 5.02 Å². The minimum atomic E-state index is -0.242. The maximum Gasteiger partial charge on any atom is 0.256 e. The minimum absolute atomic E-state index is 0.242. The van der Waals surface area contributed by atoms with Crippen LogP contribution in [0.1, 0.15) is 10.4 Å². The number of hydrogen-bond donors (Lipinski definition) is 3. The van der Waals surface area contributed by atoms with Gasteiger partial charge >= 0.3 is 0 Å². The molecule has 0 radical (unpaired) electrons. The van der Waals surface area contributed by atoms with Crippen molar-refractivity contribution >= 4 is 29.0 Å². The molecule has 2 rings (SSSR count). The second-order valence-electron chi connectivity index (χ2n) is 3.54. The number of benzene rings is 1. The molecule has 0 atom stereocenters. The number of carbonyl (C=O) groups is 1. The Balaban J connectivity index is 2.09. The molecule has 1 aromatic carbocycles. The first-order valence-corrected chi connectivity index (χ1v) is 5.56. The second kappa shape index (κ2) is 5.48. The van der Waals surface area contributed by atoms with Crippen molar-refractivity contribution in [3.8, 4) is 0 Å². The summed E-state index contributed by atoms with van der Waals surface area (Å²) in [5.41, 5.74) is 3.74. The number of amides is 1. The molecule has 2 aromatic rings. The molecule has 1 aromatic heterocycles. The third kappa shape index (κ3) is 2.97. The Morgan fingerprint density at radius 2 is 1.89 bits per heavy atom. The molecule has 0 bridgehead atoms. The molecular formula is C12H11ClN4O. The largest absolute Gasteiger partial charge is 0.324 e. The van der Waals surface area contributed by atoms with Crippen LogP contribution in [-0.4, -0.2) is 10.9 Å². The van der Waals surface area contributed by atoms with Crippen LogP contribution in [-0.2, 0) is 0 Å². The zero-order chi connectivity index (χ0) is 13.0. The maximum absolute atomic E-state index is 11.9. The molecule has 0 spiro atoms. The summed E-state index contributed by atoms with van der Waals surface area (Å²) in [6, 6.07) is 10.1. The second-order valence-corrected chi connectivity index (χ2v) is 3.97. The van der Waals surface area contributed by atoms with Gasteiger partial charge in [0.2, 0.25) is 0 Å². The number of nitrogens with two attached hydrogens (primary N) is 1. The zero-order valence-corrected chi connectivity index (χ0v) is 10.1. The van der Waals surface area contributed by atoms with Gasteiger partial charge in [0, 0.05) is 17.4 Å². The Labute approximate surface area is 109 Å². The minimum Gasteiger partial charge on any atom is -0.324 e. The van der Waals surface area contributed by atoms with Crippen molar-refractivity contribution < 1.29 is 4.79 Å². The van der Waals surface area contributed by atoms with E-state index in [2.05, 4.69) is 15.7 Å². The summed E-state index contributed by atoms with van der Waals surface area (Å²) < 4.78 is 0. The van der Waals surface area contributed by atoms with Gasteiger partial charge < -0.3 is 10.7 Å². The molecule has 1 amide bonds. The molecule has 0 aliphatic rings. The van der Waals surface area contributed by atoms with Gasteiger partial charge in [-0.05, 0) is 36.4 Å². The van der Waals surface area contributed by atoms with Gasteiger partial charge in [-0.3, -0.25) is 10.6 Å². The van der Waals surface area contributed by atoms with Gasteiger partial charge in [-0.25, -0.2) is 4.98 Å². The van der Waals surface area contributed by atoms with E-state index >= 15 is 0 Å². The predicted molar refractivity (Wildman–Crippen MR) is 71.5 cm³/mol. The number of anilines is 2. The third-order valence-corrected chi connectivity index (χ3v) is 2.51. The van der Waals surface area contributed by atoms with Crippen molar-refractivity contribution in [1.29, 1.82) is 0 Å². The molecular weight excluding hydrogens is 252 g/mol. The van der Waals surface area contributed by atoms with Crippen molar-refractivity contribution in [1.82, 2.24) is 4.98 Å². The highest BCUT2D eigenvalue weighted by atomic mass is 35.5. The smallest absolute Gasteiger partial charge is 0.256 e. The molecule has 5 nitrogen and oxygen atoms in total. The summed E-state index contributed by atoms with van der Waals surface area (Å²) in [5, 5.41) is 3.18. The van der Waals surface area contributed by atoms with E-state index in [1.165, 1.54) is 6.20 Å². The van der Waals surface area contributed by atoms with Crippen molar-refractivity contribution in [2.75, 3.05) is 10.7 Å². The van der Waals surface area contributed by atoms with Crippen LogP contribution in [0.25, 0.3) is 0 Å². The highest BCUT2D eigenvalue weighted by molar-refractivity contribution is 6.30. The standard InChI is InChI=1S/C12H11ClN4O/c13-9-3-6-11(15-7-9)16-12(18)8-1-4-10(17-14)5-2-8/h1-7,17H,14H2,(H,15,16,18). The number of hydrazine groups is 1. The van der Waals surface area contributed by atoms with E-state index in [1.807, 2.05) is 0 Å². The molecule has 6 heteroatoms. The lowest BCUT2D eigenvalue weighted by Gasteiger charge is -2.05. The highest BCUT2D eigenvalue weighted by Crippen LogP contribution is 2.12. The molecule has 0 fully saturated rings. The van der Waals surface area contributed by atoms with Gasteiger partial charge in [-0.2, -0.15) is 0 Å².